The number of hydrogen-bond acceptors (Lipinski definition) is 2. The van der Waals surface area contributed by atoms with Gasteiger partial charge in [0, 0.05) is 15.9 Å². The summed E-state index contributed by atoms with van der Waals surface area (Å²) >= 11 is 2.37. The third-order valence-corrected chi connectivity index (χ3v) is 4.15. The largest absolute Gasteiger partial charge is 0.379 e. The molecular formula is C12H16INO. The maximum atomic E-state index is 5.54. The van der Waals surface area contributed by atoms with Crippen LogP contribution in [0.4, 0.5) is 5.69 Å². The van der Waals surface area contributed by atoms with Crippen molar-refractivity contribution in [2.45, 2.75) is 32.4 Å². The fourth-order valence-corrected chi connectivity index (χ4v) is 2.38. The number of halogens is 1. The van der Waals surface area contributed by atoms with Gasteiger partial charge in [-0.3, -0.25) is 0 Å². The van der Waals surface area contributed by atoms with Gasteiger partial charge in [-0.25, -0.2) is 0 Å². The molecule has 1 aromatic carbocycles. The molecule has 2 unspecified atom stereocenters. The Morgan fingerprint density at radius 2 is 2.27 bits per heavy atom. The van der Waals surface area contributed by atoms with Gasteiger partial charge in [-0.1, -0.05) is 6.07 Å². The lowest BCUT2D eigenvalue weighted by molar-refractivity contribution is 0.121. The van der Waals surface area contributed by atoms with Crippen LogP contribution < -0.4 is 5.32 Å². The second-order valence-corrected chi connectivity index (χ2v) is 5.19. The molecule has 0 saturated carbocycles. The highest BCUT2D eigenvalue weighted by molar-refractivity contribution is 14.1. The van der Waals surface area contributed by atoms with E-state index in [1.807, 2.05) is 0 Å². The first kappa shape index (κ1) is 11.2. The van der Waals surface area contributed by atoms with E-state index in [1.54, 1.807) is 0 Å². The Bertz CT molecular complexity index is 353. The lowest BCUT2D eigenvalue weighted by Gasteiger charge is -2.19. The number of hydrogen-bond donors (Lipinski definition) is 1. The first-order valence-electron chi connectivity index (χ1n) is 5.31. The van der Waals surface area contributed by atoms with Crippen LogP contribution in [0.3, 0.4) is 0 Å². The molecule has 0 bridgehead atoms. The van der Waals surface area contributed by atoms with Crippen LogP contribution in [0, 0.1) is 10.5 Å². The topological polar surface area (TPSA) is 21.3 Å². The molecule has 2 atom stereocenters. The third kappa shape index (κ3) is 2.45. The molecule has 2 rings (SSSR count). The summed E-state index contributed by atoms with van der Waals surface area (Å²) in [6.07, 6.45) is 1.42. The van der Waals surface area contributed by atoms with Crippen LogP contribution in [0.5, 0.6) is 0 Å². The Labute approximate surface area is 105 Å². The second-order valence-electron chi connectivity index (χ2n) is 4.03. The van der Waals surface area contributed by atoms with Crippen LogP contribution in [0.15, 0.2) is 18.2 Å². The molecule has 1 saturated heterocycles. The Morgan fingerprint density at radius 3 is 2.93 bits per heavy atom. The molecule has 0 spiro atoms. The van der Waals surface area contributed by atoms with E-state index in [0.29, 0.717) is 12.1 Å². The van der Waals surface area contributed by atoms with Gasteiger partial charge >= 0.3 is 0 Å². The van der Waals surface area contributed by atoms with Crippen molar-refractivity contribution in [1.29, 1.82) is 0 Å². The number of benzene rings is 1. The summed E-state index contributed by atoms with van der Waals surface area (Å²) < 4.78 is 6.85. The molecule has 15 heavy (non-hydrogen) atoms. The highest BCUT2D eigenvalue weighted by Gasteiger charge is 2.24. The molecule has 0 aromatic heterocycles. The van der Waals surface area contributed by atoms with E-state index in [4.69, 9.17) is 4.74 Å². The lowest BCUT2D eigenvalue weighted by atomic mass is 10.1. The molecule has 0 aliphatic carbocycles. The summed E-state index contributed by atoms with van der Waals surface area (Å²) in [6.45, 7) is 5.17. The average molecular weight is 317 g/mol. The fourth-order valence-electron chi connectivity index (χ4n) is 1.88. The van der Waals surface area contributed by atoms with Crippen molar-refractivity contribution in [3.05, 3.63) is 27.3 Å². The molecule has 1 aliphatic rings. The van der Waals surface area contributed by atoms with Crippen molar-refractivity contribution in [1.82, 2.24) is 0 Å². The van der Waals surface area contributed by atoms with Gasteiger partial charge in [-0.05, 0) is 60.6 Å². The maximum absolute atomic E-state index is 5.54. The van der Waals surface area contributed by atoms with E-state index in [2.05, 4.69) is 60.0 Å². The van der Waals surface area contributed by atoms with Gasteiger partial charge in [-0.2, -0.15) is 0 Å². The fraction of sp³-hybridized carbons (Fsp3) is 0.500. The van der Waals surface area contributed by atoms with Gasteiger partial charge in [0.2, 0.25) is 0 Å². The van der Waals surface area contributed by atoms with E-state index < -0.39 is 0 Å². The molecule has 1 aliphatic heterocycles. The van der Waals surface area contributed by atoms with E-state index in [1.165, 1.54) is 14.8 Å². The Hall–Kier alpha value is -0.290. The maximum Gasteiger partial charge on any atom is 0.0748 e. The van der Waals surface area contributed by atoms with E-state index in [-0.39, 0.29) is 0 Å². The van der Waals surface area contributed by atoms with Gasteiger partial charge < -0.3 is 10.1 Å². The summed E-state index contributed by atoms with van der Waals surface area (Å²) in [4.78, 5) is 0. The molecule has 1 aromatic rings. The van der Waals surface area contributed by atoms with Crippen molar-refractivity contribution in [3.8, 4) is 0 Å². The highest BCUT2D eigenvalue weighted by atomic mass is 127. The van der Waals surface area contributed by atoms with Gasteiger partial charge in [0.05, 0.1) is 12.1 Å². The summed E-state index contributed by atoms with van der Waals surface area (Å²) in [5.41, 5.74) is 2.57. The van der Waals surface area contributed by atoms with Crippen LogP contribution in [-0.2, 0) is 4.74 Å². The van der Waals surface area contributed by atoms with Gasteiger partial charge in [0.1, 0.15) is 0 Å². The van der Waals surface area contributed by atoms with Gasteiger partial charge in [0.15, 0.2) is 0 Å². The van der Waals surface area contributed by atoms with Gasteiger partial charge in [0.25, 0.3) is 0 Å². The van der Waals surface area contributed by atoms with E-state index in [9.17, 15) is 0 Å². The number of anilines is 1. The summed E-state index contributed by atoms with van der Waals surface area (Å²) in [7, 11) is 0. The van der Waals surface area contributed by atoms with Crippen molar-refractivity contribution in [3.63, 3.8) is 0 Å². The van der Waals surface area contributed by atoms with Crippen LogP contribution in [-0.4, -0.2) is 18.8 Å². The SMILES string of the molecule is Cc1c(I)cccc1NC1CCOC1C. The van der Waals surface area contributed by atoms with Crippen LogP contribution >= 0.6 is 22.6 Å². The third-order valence-electron chi connectivity index (χ3n) is 2.98. The summed E-state index contributed by atoms with van der Waals surface area (Å²) in [5, 5.41) is 3.57. The molecule has 0 amide bonds. The normalized spacial score (nSPS) is 25.5. The number of ether oxygens (including phenoxy) is 1. The minimum absolute atomic E-state index is 0.322. The zero-order valence-corrected chi connectivity index (χ0v) is 11.2. The monoisotopic (exact) mass is 317 g/mol. The lowest BCUT2D eigenvalue weighted by Crippen LogP contribution is -2.27. The quantitative estimate of drug-likeness (QED) is 0.846. The number of rotatable bonds is 2. The Kier molecular flexibility index (Phi) is 3.51. The van der Waals surface area contributed by atoms with Crippen molar-refractivity contribution >= 4 is 28.3 Å². The van der Waals surface area contributed by atoms with Crippen LogP contribution in [0.1, 0.15) is 18.9 Å². The van der Waals surface area contributed by atoms with E-state index >= 15 is 0 Å². The molecule has 82 valence electrons. The summed E-state index contributed by atoms with van der Waals surface area (Å²) in [5.74, 6) is 0. The van der Waals surface area contributed by atoms with Crippen LogP contribution in [0.25, 0.3) is 0 Å². The molecule has 2 nitrogen and oxygen atoms in total. The first-order chi connectivity index (χ1) is 7.18. The predicted molar refractivity (Wildman–Crippen MR) is 71.3 cm³/mol. The Balaban J connectivity index is 2.13. The standard InChI is InChI=1S/C12H16INO/c1-8-10(13)4-3-5-11(8)14-12-6-7-15-9(12)2/h3-5,9,12,14H,6-7H2,1-2H3. The van der Waals surface area contributed by atoms with Crippen molar-refractivity contribution in [2.75, 3.05) is 11.9 Å². The molecule has 0 radical (unpaired) electrons. The minimum Gasteiger partial charge on any atom is -0.379 e. The molecule has 3 heteroatoms. The molecular weight excluding hydrogens is 301 g/mol. The van der Waals surface area contributed by atoms with Crippen molar-refractivity contribution in [2.24, 2.45) is 0 Å². The predicted octanol–water partition coefficient (Wildman–Crippen LogP) is 3.19. The zero-order valence-electron chi connectivity index (χ0n) is 9.09. The smallest absolute Gasteiger partial charge is 0.0748 e. The molecule has 1 N–H and O–H groups in total. The molecule has 1 heterocycles. The van der Waals surface area contributed by atoms with Gasteiger partial charge in [-0.15, -0.1) is 0 Å². The minimum atomic E-state index is 0.322. The second kappa shape index (κ2) is 4.70. The summed E-state index contributed by atoms with van der Waals surface area (Å²) in [6, 6.07) is 6.83. The van der Waals surface area contributed by atoms with Crippen molar-refractivity contribution < 1.29 is 4.74 Å². The molecule has 1 fully saturated rings. The highest BCUT2D eigenvalue weighted by Crippen LogP contribution is 2.24. The first-order valence-corrected chi connectivity index (χ1v) is 6.39. The zero-order chi connectivity index (χ0) is 10.8. The Morgan fingerprint density at radius 1 is 1.47 bits per heavy atom. The van der Waals surface area contributed by atoms with E-state index in [0.717, 1.165) is 13.0 Å². The average Bonchev–Trinajstić information content (AvgIpc) is 2.60. The number of nitrogens with one attached hydrogen (secondary N) is 1. The van der Waals surface area contributed by atoms with Crippen LogP contribution in [0.2, 0.25) is 0 Å².